The van der Waals surface area contributed by atoms with E-state index in [-0.39, 0.29) is 5.92 Å². The molecule has 144 valence electrons. The van der Waals surface area contributed by atoms with Crippen LogP contribution < -0.4 is 0 Å². The third-order valence-corrected chi connectivity index (χ3v) is 5.69. The summed E-state index contributed by atoms with van der Waals surface area (Å²) in [5, 5.41) is 23.4. The summed E-state index contributed by atoms with van der Waals surface area (Å²) in [6.07, 6.45) is -1.00. The second-order valence-electron chi connectivity index (χ2n) is 8.70. The zero-order valence-electron chi connectivity index (χ0n) is 16.1. The van der Waals surface area contributed by atoms with Crippen LogP contribution in [0.25, 0.3) is 10.8 Å². The Kier molecular flexibility index (Phi) is 4.40. The van der Waals surface area contributed by atoms with Gasteiger partial charge in [-0.1, -0.05) is 36.4 Å². The lowest BCUT2D eigenvalue weighted by atomic mass is 9.71. The summed E-state index contributed by atoms with van der Waals surface area (Å²) >= 11 is 0. The van der Waals surface area contributed by atoms with Crippen LogP contribution >= 0.6 is 0 Å². The third-order valence-electron chi connectivity index (χ3n) is 5.69. The van der Waals surface area contributed by atoms with Crippen molar-refractivity contribution in [2.24, 2.45) is 0 Å². The van der Waals surface area contributed by atoms with Crippen LogP contribution in [0.2, 0.25) is 0 Å². The van der Waals surface area contributed by atoms with Gasteiger partial charge in [0.1, 0.15) is 11.7 Å². The van der Waals surface area contributed by atoms with Gasteiger partial charge >= 0.3 is 6.09 Å². The van der Waals surface area contributed by atoms with E-state index in [9.17, 15) is 15.0 Å². The van der Waals surface area contributed by atoms with Gasteiger partial charge in [0.15, 0.2) is 0 Å². The Balaban J connectivity index is 1.82. The predicted octanol–water partition coefficient (Wildman–Crippen LogP) is 3.56. The number of benzene rings is 2. The highest BCUT2D eigenvalue weighted by Gasteiger charge is 2.48. The standard InChI is InChI=1S/C22H27NO4/c1-22(2,3)27-21(26)23-12-14-9-8-13-6-4-5-7-15(13)18(14)16-10-11-17(24)20(25)19(16)23/h4-9,16-17,19-20,24-25H,10-12H2,1-3H3/t16-,17+,19+,20+/m0/s1. The Morgan fingerprint density at radius 3 is 2.59 bits per heavy atom. The molecule has 1 aliphatic carbocycles. The Bertz CT molecular complexity index is 872. The first-order valence-electron chi connectivity index (χ1n) is 9.62. The molecule has 2 aliphatic rings. The lowest BCUT2D eigenvalue weighted by Crippen LogP contribution is -2.59. The van der Waals surface area contributed by atoms with Crippen LogP contribution in [0.5, 0.6) is 0 Å². The van der Waals surface area contributed by atoms with Crippen molar-refractivity contribution in [2.75, 3.05) is 0 Å². The van der Waals surface area contributed by atoms with E-state index in [0.717, 1.165) is 22.8 Å². The van der Waals surface area contributed by atoms with E-state index in [1.807, 2.05) is 32.9 Å². The van der Waals surface area contributed by atoms with Crippen molar-refractivity contribution in [3.05, 3.63) is 47.5 Å². The van der Waals surface area contributed by atoms with Crippen molar-refractivity contribution < 1.29 is 19.7 Å². The molecule has 0 spiro atoms. The van der Waals surface area contributed by atoms with Gasteiger partial charge in [0.05, 0.1) is 12.1 Å². The molecule has 1 amide bonds. The molecule has 1 aliphatic heterocycles. The van der Waals surface area contributed by atoms with Crippen LogP contribution in [0, 0.1) is 0 Å². The minimum Gasteiger partial charge on any atom is -0.444 e. The highest BCUT2D eigenvalue weighted by molar-refractivity contribution is 5.88. The molecule has 1 fully saturated rings. The molecule has 1 saturated carbocycles. The van der Waals surface area contributed by atoms with Crippen molar-refractivity contribution >= 4 is 16.9 Å². The highest BCUT2D eigenvalue weighted by Crippen LogP contribution is 2.45. The zero-order valence-corrected chi connectivity index (χ0v) is 16.1. The first-order chi connectivity index (χ1) is 12.8. The molecule has 5 nitrogen and oxygen atoms in total. The van der Waals surface area contributed by atoms with Crippen LogP contribution in [0.3, 0.4) is 0 Å². The van der Waals surface area contributed by atoms with E-state index in [0.29, 0.717) is 13.0 Å². The fraction of sp³-hybridized carbons (Fsp3) is 0.500. The molecule has 0 bridgehead atoms. The molecule has 2 aromatic rings. The summed E-state index contributed by atoms with van der Waals surface area (Å²) < 4.78 is 5.61. The van der Waals surface area contributed by atoms with Crippen molar-refractivity contribution in [1.29, 1.82) is 0 Å². The molecule has 2 N–H and O–H groups in total. The predicted molar refractivity (Wildman–Crippen MR) is 104 cm³/mol. The van der Waals surface area contributed by atoms with E-state index in [2.05, 4.69) is 24.3 Å². The number of nitrogens with zero attached hydrogens (tertiary/aromatic N) is 1. The molecular formula is C22H27NO4. The summed E-state index contributed by atoms with van der Waals surface area (Å²) in [4.78, 5) is 14.5. The van der Waals surface area contributed by atoms with E-state index < -0.39 is 29.9 Å². The van der Waals surface area contributed by atoms with Gasteiger partial charge in [-0.2, -0.15) is 0 Å². The number of amides is 1. The summed E-state index contributed by atoms with van der Waals surface area (Å²) in [6, 6.07) is 11.9. The summed E-state index contributed by atoms with van der Waals surface area (Å²) in [6.45, 7) is 5.87. The monoisotopic (exact) mass is 369 g/mol. The molecule has 4 atom stereocenters. The minimum atomic E-state index is -0.983. The van der Waals surface area contributed by atoms with Crippen LogP contribution in [0.15, 0.2) is 36.4 Å². The number of hydrogen-bond acceptors (Lipinski definition) is 4. The van der Waals surface area contributed by atoms with Gasteiger partial charge in [-0.25, -0.2) is 4.79 Å². The van der Waals surface area contributed by atoms with Crippen molar-refractivity contribution in [3.8, 4) is 0 Å². The molecule has 0 saturated heterocycles. The topological polar surface area (TPSA) is 70.0 Å². The fourth-order valence-corrected chi connectivity index (χ4v) is 4.59. The van der Waals surface area contributed by atoms with E-state index in [4.69, 9.17) is 4.74 Å². The Morgan fingerprint density at radius 2 is 1.85 bits per heavy atom. The van der Waals surface area contributed by atoms with Crippen LogP contribution in [-0.4, -0.2) is 45.1 Å². The maximum absolute atomic E-state index is 12.9. The number of ether oxygens (including phenoxy) is 1. The van der Waals surface area contributed by atoms with Crippen LogP contribution in [-0.2, 0) is 11.3 Å². The number of rotatable bonds is 0. The second-order valence-corrected chi connectivity index (χ2v) is 8.70. The lowest BCUT2D eigenvalue weighted by molar-refractivity contribution is -0.0821. The Hall–Kier alpha value is -2.11. The minimum absolute atomic E-state index is 0.0224. The van der Waals surface area contributed by atoms with Crippen LogP contribution in [0.1, 0.15) is 50.7 Å². The molecule has 27 heavy (non-hydrogen) atoms. The zero-order chi connectivity index (χ0) is 19.3. The van der Waals surface area contributed by atoms with E-state index in [1.165, 1.54) is 5.56 Å². The number of aliphatic hydroxyl groups is 2. The maximum Gasteiger partial charge on any atom is 0.410 e. The molecule has 4 rings (SSSR count). The molecular weight excluding hydrogens is 342 g/mol. The fourth-order valence-electron chi connectivity index (χ4n) is 4.59. The SMILES string of the molecule is CC(C)(C)OC(=O)N1Cc2ccc3ccccc3c2[C@@H]2CC[C@@H](O)[C@@H](O)[C@@H]21. The van der Waals surface area contributed by atoms with Gasteiger partial charge in [-0.05, 0) is 55.5 Å². The van der Waals surface area contributed by atoms with Gasteiger partial charge in [-0.15, -0.1) is 0 Å². The number of carbonyl (C=O) groups is 1. The molecule has 5 heteroatoms. The summed E-state index contributed by atoms with van der Waals surface area (Å²) in [5.41, 5.74) is 1.67. The number of fused-ring (bicyclic) bond motifs is 5. The molecule has 2 aromatic carbocycles. The molecule has 0 unspecified atom stereocenters. The van der Waals surface area contributed by atoms with Crippen molar-refractivity contribution in [3.63, 3.8) is 0 Å². The van der Waals surface area contributed by atoms with Crippen molar-refractivity contribution in [1.82, 2.24) is 4.90 Å². The largest absolute Gasteiger partial charge is 0.444 e. The number of hydrogen-bond donors (Lipinski definition) is 2. The van der Waals surface area contributed by atoms with Gasteiger partial charge in [0.2, 0.25) is 0 Å². The lowest BCUT2D eigenvalue weighted by Gasteiger charge is -2.48. The molecule has 0 aromatic heterocycles. The van der Waals surface area contributed by atoms with Crippen molar-refractivity contribution in [2.45, 2.75) is 69.9 Å². The summed E-state index contributed by atoms with van der Waals surface area (Å²) in [7, 11) is 0. The Morgan fingerprint density at radius 1 is 1.11 bits per heavy atom. The average molecular weight is 369 g/mol. The van der Waals surface area contributed by atoms with Gasteiger partial charge < -0.3 is 14.9 Å². The van der Waals surface area contributed by atoms with Gasteiger partial charge in [0.25, 0.3) is 0 Å². The van der Waals surface area contributed by atoms with Gasteiger partial charge in [-0.3, -0.25) is 4.90 Å². The Labute approximate surface area is 159 Å². The number of aliphatic hydroxyl groups excluding tert-OH is 2. The maximum atomic E-state index is 12.9. The highest BCUT2D eigenvalue weighted by atomic mass is 16.6. The van der Waals surface area contributed by atoms with Crippen LogP contribution in [0.4, 0.5) is 4.79 Å². The second kappa shape index (κ2) is 6.50. The van der Waals surface area contributed by atoms with E-state index >= 15 is 0 Å². The average Bonchev–Trinajstić information content (AvgIpc) is 2.62. The van der Waals surface area contributed by atoms with Gasteiger partial charge in [0, 0.05) is 12.5 Å². The molecule has 1 heterocycles. The summed E-state index contributed by atoms with van der Waals surface area (Å²) in [5.74, 6) is -0.0224. The smallest absolute Gasteiger partial charge is 0.410 e. The normalized spacial score (nSPS) is 27.8. The first kappa shape index (κ1) is 18.3. The number of carbonyl (C=O) groups excluding carboxylic acids is 1. The molecule has 0 radical (unpaired) electrons. The first-order valence-corrected chi connectivity index (χ1v) is 9.62. The third kappa shape index (κ3) is 3.19. The van der Waals surface area contributed by atoms with E-state index in [1.54, 1.807) is 4.90 Å². The quantitative estimate of drug-likeness (QED) is 0.745.